The topological polar surface area (TPSA) is 53.1 Å². The van der Waals surface area contributed by atoms with Gasteiger partial charge in [-0.1, -0.05) is 0 Å². The maximum absolute atomic E-state index is 6.20. The van der Waals surface area contributed by atoms with Crippen molar-refractivity contribution in [1.82, 2.24) is 9.55 Å². The van der Waals surface area contributed by atoms with Crippen LogP contribution in [0.1, 0.15) is 30.1 Å². The number of aromatic nitrogens is 2. The molecule has 18 heavy (non-hydrogen) atoms. The average molecular weight is 310 g/mol. The molecular weight excluding hydrogens is 294 g/mol. The van der Waals surface area contributed by atoms with Gasteiger partial charge in [-0.2, -0.15) is 0 Å². The first-order valence-electron chi connectivity index (χ1n) is 6.05. The number of fused-ring (bicyclic) bond motifs is 1. The van der Waals surface area contributed by atoms with Gasteiger partial charge in [0.05, 0.1) is 11.2 Å². The minimum absolute atomic E-state index is 0.501. The maximum atomic E-state index is 6.20. The molecule has 96 valence electrons. The van der Waals surface area contributed by atoms with Crippen LogP contribution in [0.4, 0.5) is 5.69 Å². The Morgan fingerprint density at radius 2 is 2.28 bits per heavy atom. The number of rotatable bonds is 3. The van der Waals surface area contributed by atoms with Crippen molar-refractivity contribution < 1.29 is 4.74 Å². The fraction of sp³-hybridized carbons (Fsp3) is 0.462. The molecule has 5 heteroatoms. The third-order valence-electron chi connectivity index (χ3n) is 3.56. The Bertz CT molecular complexity index is 616. The summed E-state index contributed by atoms with van der Waals surface area (Å²) >= 11 is 3.61. The highest BCUT2D eigenvalue weighted by molar-refractivity contribution is 9.10. The molecule has 2 N–H and O–H groups in total. The number of imidazole rings is 1. The van der Waals surface area contributed by atoms with Gasteiger partial charge in [-0.15, -0.1) is 0 Å². The number of anilines is 1. The Labute approximate surface area is 114 Å². The van der Waals surface area contributed by atoms with E-state index in [1.807, 2.05) is 7.05 Å². The molecule has 4 nitrogen and oxygen atoms in total. The number of methoxy groups -OCH3 is 1. The zero-order valence-electron chi connectivity index (χ0n) is 10.5. The van der Waals surface area contributed by atoms with Crippen molar-refractivity contribution >= 4 is 32.7 Å². The number of nitrogens with zero attached hydrogens (tertiary/aromatic N) is 2. The molecule has 0 radical (unpaired) electrons. The Balaban J connectivity index is 2.25. The summed E-state index contributed by atoms with van der Waals surface area (Å²) in [7, 11) is 3.68. The number of hydrogen-bond donors (Lipinski definition) is 1. The predicted octanol–water partition coefficient (Wildman–Crippen LogP) is 2.94. The third kappa shape index (κ3) is 1.73. The van der Waals surface area contributed by atoms with E-state index in [9.17, 15) is 0 Å². The monoisotopic (exact) mass is 309 g/mol. The SMILES string of the molecule is COCc1nc2c(N)c(Br)c(C3CC3)cc2n1C. The second-order valence-corrected chi connectivity index (χ2v) is 5.65. The van der Waals surface area contributed by atoms with Gasteiger partial charge in [0.15, 0.2) is 0 Å². The summed E-state index contributed by atoms with van der Waals surface area (Å²) in [6.45, 7) is 0.501. The summed E-state index contributed by atoms with van der Waals surface area (Å²) in [6, 6.07) is 2.21. The molecule has 1 aliphatic carbocycles. The van der Waals surface area contributed by atoms with Crippen LogP contribution in [0.25, 0.3) is 11.0 Å². The number of nitrogens with two attached hydrogens (primary N) is 1. The minimum atomic E-state index is 0.501. The van der Waals surface area contributed by atoms with Gasteiger partial charge in [-0.3, -0.25) is 0 Å². The Hall–Kier alpha value is -1.07. The summed E-state index contributed by atoms with van der Waals surface area (Å²) in [6.07, 6.45) is 2.51. The maximum Gasteiger partial charge on any atom is 0.135 e. The molecule has 0 aliphatic heterocycles. The molecule has 1 fully saturated rings. The van der Waals surface area contributed by atoms with Crippen molar-refractivity contribution in [2.24, 2.45) is 7.05 Å². The molecule has 1 aromatic heterocycles. The van der Waals surface area contributed by atoms with E-state index in [2.05, 4.69) is 31.5 Å². The predicted molar refractivity (Wildman–Crippen MR) is 75.5 cm³/mol. The molecule has 1 heterocycles. The zero-order chi connectivity index (χ0) is 12.9. The zero-order valence-corrected chi connectivity index (χ0v) is 12.1. The highest BCUT2D eigenvalue weighted by Gasteiger charge is 2.28. The van der Waals surface area contributed by atoms with Gasteiger partial charge in [-0.05, 0) is 46.3 Å². The van der Waals surface area contributed by atoms with Crippen LogP contribution in [0.15, 0.2) is 10.5 Å². The summed E-state index contributed by atoms with van der Waals surface area (Å²) in [4.78, 5) is 4.57. The number of ether oxygens (including phenoxy) is 1. The van der Waals surface area contributed by atoms with Crippen LogP contribution in [0, 0.1) is 0 Å². The molecule has 0 saturated heterocycles. The van der Waals surface area contributed by atoms with Gasteiger partial charge >= 0.3 is 0 Å². The summed E-state index contributed by atoms with van der Waals surface area (Å²) in [5.74, 6) is 1.56. The highest BCUT2D eigenvalue weighted by atomic mass is 79.9. The van der Waals surface area contributed by atoms with E-state index in [-0.39, 0.29) is 0 Å². The first-order valence-corrected chi connectivity index (χ1v) is 6.85. The number of hydrogen-bond acceptors (Lipinski definition) is 3. The second kappa shape index (κ2) is 4.24. The lowest BCUT2D eigenvalue weighted by Crippen LogP contribution is -1.99. The van der Waals surface area contributed by atoms with Gasteiger partial charge in [0, 0.05) is 18.6 Å². The number of benzene rings is 1. The Kier molecular flexibility index (Phi) is 2.83. The Morgan fingerprint density at radius 3 is 2.89 bits per heavy atom. The van der Waals surface area contributed by atoms with E-state index in [1.54, 1.807) is 7.11 Å². The van der Waals surface area contributed by atoms with Crippen LogP contribution < -0.4 is 5.73 Å². The van der Waals surface area contributed by atoms with E-state index in [1.165, 1.54) is 18.4 Å². The van der Waals surface area contributed by atoms with Crippen LogP contribution >= 0.6 is 15.9 Å². The standard InChI is InChI=1S/C13H16BrN3O/c1-17-9-5-8(7-3-4-7)11(14)12(15)13(9)16-10(17)6-18-2/h5,7H,3-4,6,15H2,1-2H3. The lowest BCUT2D eigenvalue weighted by Gasteiger charge is -2.07. The molecule has 0 bridgehead atoms. The first-order chi connectivity index (χ1) is 8.63. The molecule has 2 aromatic rings. The van der Waals surface area contributed by atoms with E-state index < -0.39 is 0 Å². The molecule has 1 aliphatic rings. The lowest BCUT2D eigenvalue weighted by atomic mass is 10.1. The molecule has 1 saturated carbocycles. The summed E-state index contributed by atoms with van der Waals surface area (Å²) in [5, 5.41) is 0. The van der Waals surface area contributed by atoms with Gasteiger partial charge in [0.1, 0.15) is 17.9 Å². The minimum Gasteiger partial charge on any atom is -0.396 e. The van der Waals surface area contributed by atoms with Gasteiger partial charge < -0.3 is 15.0 Å². The summed E-state index contributed by atoms with van der Waals surface area (Å²) in [5.41, 5.74) is 10.2. The molecule has 1 aromatic carbocycles. The van der Waals surface area contributed by atoms with Gasteiger partial charge in [-0.25, -0.2) is 4.98 Å². The number of nitrogen functional groups attached to an aromatic ring is 1. The van der Waals surface area contributed by atoms with Crippen molar-refractivity contribution in [3.05, 3.63) is 21.9 Å². The van der Waals surface area contributed by atoms with Gasteiger partial charge in [0.2, 0.25) is 0 Å². The number of halogens is 1. The second-order valence-electron chi connectivity index (χ2n) is 4.86. The summed E-state index contributed by atoms with van der Waals surface area (Å²) < 4.78 is 8.24. The van der Waals surface area contributed by atoms with E-state index in [0.717, 1.165) is 27.0 Å². The Morgan fingerprint density at radius 1 is 1.56 bits per heavy atom. The van der Waals surface area contributed by atoms with Crippen LogP contribution in [0.5, 0.6) is 0 Å². The fourth-order valence-corrected chi connectivity index (χ4v) is 2.97. The van der Waals surface area contributed by atoms with Crippen LogP contribution in [0.2, 0.25) is 0 Å². The smallest absolute Gasteiger partial charge is 0.135 e. The quantitative estimate of drug-likeness (QED) is 0.887. The fourth-order valence-electron chi connectivity index (χ4n) is 2.34. The highest BCUT2D eigenvalue weighted by Crippen LogP contribution is 2.46. The molecular formula is C13H16BrN3O. The molecule has 0 atom stereocenters. The van der Waals surface area contributed by atoms with Gasteiger partial charge in [0.25, 0.3) is 0 Å². The van der Waals surface area contributed by atoms with E-state index in [0.29, 0.717) is 12.5 Å². The average Bonchev–Trinajstić information content (AvgIpc) is 3.13. The van der Waals surface area contributed by atoms with E-state index >= 15 is 0 Å². The van der Waals surface area contributed by atoms with Crippen molar-refractivity contribution in [2.45, 2.75) is 25.4 Å². The van der Waals surface area contributed by atoms with Crippen LogP contribution in [-0.2, 0) is 18.4 Å². The number of aryl methyl sites for hydroxylation is 1. The lowest BCUT2D eigenvalue weighted by molar-refractivity contribution is 0.176. The van der Waals surface area contributed by atoms with Crippen molar-refractivity contribution in [1.29, 1.82) is 0 Å². The van der Waals surface area contributed by atoms with Crippen LogP contribution in [-0.4, -0.2) is 16.7 Å². The molecule has 0 amide bonds. The molecule has 3 rings (SSSR count). The third-order valence-corrected chi connectivity index (χ3v) is 4.44. The van der Waals surface area contributed by atoms with E-state index in [4.69, 9.17) is 10.5 Å². The molecule has 0 spiro atoms. The van der Waals surface area contributed by atoms with Crippen molar-refractivity contribution in [3.63, 3.8) is 0 Å². The van der Waals surface area contributed by atoms with Crippen molar-refractivity contribution in [2.75, 3.05) is 12.8 Å². The normalized spacial score (nSPS) is 15.5. The first kappa shape index (κ1) is 12.0. The van der Waals surface area contributed by atoms with Crippen molar-refractivity contribution in [3.8, 4) is 0 Å². The largest absolute Gasteiger partial charge is 0.396 e. The van der Waals surface area contributed by atoms with Crippen LogP contribution in [0.3, 0.4) is 0 Å². The molecule has 0 unspecified atom stereocenters.